The number of Topliss-reactive ketones (excluding diaryl/α,β-unsaturated/α-hetero) is 1. The number of hydrogen-bond acceptors (Lipinski definition) is 9. The zero-order valence-corrected chi connectivity index (χ0v) is 67.2. The first-order valence-corrected chi connectivity index (χ1v) is 41.6. The maximum Gasteiger partial charge on any atom is 0.309 e. The van der Waals surface area contributed by atoms with Crippen molar-refractivity contribution in [2.45, 2.75) is 323 Å². The van der Waals surface area contributed by atoms with Gasteiger partial charge in [0.1, 0.15) is 5.78 Å². The lowest BCUT2D eigenvalue weighted by Crippen LogP contribution is -2.66. The zero-order chi connectivity index (χ0) is 74.4. The second-order valence-electron chi connectivity index (χ2n) is 43.3. The van der Waals surface area contributed by atoms with Gasteiger partial charge >= 0.3 is 11.9 Å². The highest BCUT2D eigenvalue weighted by atomic mass is 16.4. The number of hydrogen-bond donors (Lipinski definition) is 7. The van der Waals surface area contributed by atoms with E-state index in [9.17, 15) is 40.0 Å². The fourth-order valence-electron chi connectivity index (χ4n) is 34.4. The molecule has 15 fully saturated rings. The summed E-state index contributed by atoms with van der Waals surface area (Å²) in [5.41, 5.74) is 5.83. The summed E-state index contributed by atoms with van der Waals surface area (Å²) in [5.74, 6) is 10.6. The van der Waals surface area contributed by atoms with Crippen LogP contribution >= 0.6 is 0 Å². The summed E-state index contributed by atoms with van der Waals surface area (Å²) in [6.45, 7) is 57.1. The van der Waals surface area contributed by atoms with E-state index in [1.54, 1.807) is 0 Å². The summed E-state index contributed by atoms with van der Waals surface area (Å²) < 4.78 is 0. The number of oxime groups is 1. The Morgan fingerprint density at radius 2 is 0.782 bits per heavy atom. The van der Waals surface area contributed by atoms with Crippen molar-refractivity contribution in [1.29, 1.82) is 0 Å². The van der Waals surface area contributed by atoms with Crippen molar-refractivity contribution in [1.82, 2.24) is 0 Å². The Bertz CT molecular complexity index is 3310. The SMILES string of the molecule is C=C(C)[C@@H]1CC[C@]2(C(=O)O)CC[C@]3(C)[C@H](CC[C@@H]4[C@@]5(C)CC/C(=N/O)C(C)(C)[C@@H]5CC[C@]43C)[C@@H]12.C=C(C)[C@@H]1CC[C@]2(C(=O)O)CC[C@]3(C)[C@H](CC[C@@H]4[C@@]5(C)CCC(=O)C(C)(C)[C@@H]5CC[C@]43C)[C@@H]12.C=C(C)[C@@H]1CC[C@]2(CO)CC[C@]3(C)[C@H](CC[C@@H]4[C@@]5(C)CC[C@H](O)C(C)(C)[C@@H]5CC[C@]43C)[C@@H]12.NO. The van der Waals surface area contributed by atoms with E-state index in [0.717, 1.165) is 120 Å². The van der Waals surface area contributed by atoms with Gasteiger partial charge in [-0.3, -0.25) is 14.4 Å². The Morgan fingerprint density at radius 1 is 0.416 bits per heavy atom. The molecule has 0 spiro atoms. The number of ketones is 1. The third-order valence-corrected chi connectivity index (χ3v) is 40.2. The first-order chi connectivity index (χ1) is 46.9. The van der Waals surface area contributed by atoms with Crippen molar-refractivity contribution in [3.63, 3.8) is 0 Å². The van der Waals surface area contributed by atoms with Gasteiger partial charge in [0.05, 0.1) is 22.6 Å². The molecule has 15 rings (SSSR count). The van der Waals surface area contributed by atoms with Crippen LogP contribution in [-0.2, 0) is 14.4 Å². The molecule has 0 aromatic rings. The van der Waals surface area contributed by atoms with Crippen LogP contribution in [0.4, 0.5) is 0 Å². The van der Waals surface area contributed by atoms with Crippen molar-refractivity contribution in [2.75, 3.05) is 6.61 Å². The summed E-state index contributed by atoms with van der Waals surface area (Å²) in [7, 11) is 0. The van der Waals surface area contributed by atoms with Crippen LogP contribution in [0.1, 0.15) is 317 Å². The molecule has 101 heavy (non-hydrogen) atoms. The highest BCUT2D eigenvalue weighted by molar-refractivity contribution is 5.90. The van der Waals surface area contributed by atoms with E-state index in [1.807, 2.05) is 0 Å². The van der Waals surface area contributed by atoms with Gasteiger partial charge in [-0.05, 0) is 355 Å². The van der Waals surface area contributed by atoms with Crippen LogP contribution in [0.3, 0.4) is 0 Å². The second kappa shape index (κ2) is 25.4. The van der Waals surface area contributed by atoms with Crippen molar-refractivity contribution in [2.24, 2.45) is 181 Å². The number of carboxylic acids is 2. The Balaban J connectivity index is 0.000000142. The molecule has 28 atom stereocenters. The minimum Gasteiger partial charge on any atom is -0.481 e. The Labute approximate surface area is 612 Å². The van der Waals surface area contributed by atoms with E-state index >= 15 is 0 Å². The lowest BCUT2D eigenvalue weighted by molar-refractivity contribution is -0.249. The molecular formula is C90H146N2O9. The number of allylic oxidation sites excluding steroid dienone is 3. The number of nitrogens with two attached hydrogens (primary N) is 1. The van der Waals surface area contributed by atoms with E-state index < -0.39 is 22.8 Å². The number of aliphatic carboxylic acids is 2. The smallest absolute Gasteiger partial charge is 0.309 e. The molecule has 0 heterocycles. The molecule has 0 saturated heterocycles. The number of aliphatic hydroxyl groups is 2. The number of carbonyl (C=O) groups is 3. The van der Waals surface area contributed by atoms with E-state index in [0.29, 0.717) is 93.7 Å². The zero-order valence-electron chi connectivity index (χ0n) is 67.2. The van der Waals surface area contributed by atoms with Crippen LogP contribution in [0.2, 0.25) is 0 Å². The second-order valence-corrected chi connectivity index (χ2v) is 43.3. The third-order valence-electron chi connectivity index (χ3n) is 40.2. The molecule has 15 aliphatic carbocycles. The first kappa shape index (κ1) is 77.7. The lowest BCUT2D eigenvalue weighted by atomic mass is 9.32. The van der Waals surface area contributed by atoms with Crippen LogP contribution in [0.25, 0.3) is 0 Å². The number of rotatable bonds is 6. The van der Waals surface area contributed by atoms with Crippen molar-refractivity contribution >= 4 is 23.4 Å². The highest BCUT2D eigenvalue weighted by Crippen LogP contribution is 2.82. The molecule has 0 unspecified atom stereocenters. The molecule has 8 N–H and O–H groups in total. The molecule has 0 aliphatic heterocycles. The van der Waals surface area contributed by atoms with Gasteiger partial charge < -0.3 is 30.8 Å². The fourth-order valence-corrected chi connectivity index (χ4v) is 34.4. The topological polar surface area (TPSA) is 211 Å². The van der Waals surface area contributed by atoms with Crippen LogP contribution < -0.4 is 5.90 Å². The standard InChI is InChI=1S/C30H47NO3.C30H46O3.C30H50O2.H3NO/c1-18(2)19-10-15-30(25(32)33)17-16-28(6)20(24(19)30)8-9-22-27(5)13-12-23(31-34)26(3,4)21(27)11-14-29(22,28)7;1-18(2)19-10-15-30(25(32)33)17-16-28(6)20(24(19)30)8-9-22-27(5)13-12-23(31)26(3,4)21(27)11-14-29(22,28)7;1-19(2)20-10-15-30(18-31)17-16-28(6)21(25(20)30)8-9-23-27(5)13-12-24(32)26(3,4)22(27)11-14-29(23,28)7;1-2/h19-22,24,34H,1,8-17H2,2-7H3,(H,32,33);19-22,24H,1,8-17H2,2-7H3,(H,32,33);20-25,31-32H,1,8-18H2,2-7H3;2H,1H2/b31-23-;;;/t2*19-,20+,21-,22+,24+,27-,28+,29+,30-;20-,21+,22-,23+,24-,25+,27-,28+,29+,30+;/m000./s1. The maximum absolute atomic E-state index is 12.9. The Kier molecular flexibility index (Phi) is 19.5. The van der Waals surface area contributed by atoms with Gasteiger partial charge in [-0.2, -0.15) is 0 Å². The molecule has 0 aromatic carbocycles. The first-order valence-electron chi connectivity index (χ1n) is 41.6. The van der Waals surface area contributed by atoms with Gasteiger partial charge in [0, 0.05) is 23.9 Å². The Hall–Kier alpha value is -2.86. The summed E-state index contributed by atoms with van der Waals surface area (Å²) in [6.07, 6.45) is 32.8. The average molecular weight is 1400 g/mol. The van der Waals surface area contributed by atoms with Crippen LogP contribution in [0.15, 0.2) is 41.6 Å². The van der Waals surface area contributed by atoms with Gasteiger partial charge in [0.25, 0.3) is 0 Å². The lowest BCUT2D eigenvalue weighted by Gasteiger charge is -2.73. The molecular weight excluding hydrogens is 1250 g/mol. The van der Waals surface area contributed by atoms with Crippen LogP contribution in [0, 0.1) is 170 Å². The molecule has 11 heteroatoms. The predicted octanol–water partition coefficient (Wildman–Crippen LogP) is 21.2. The summed E-state index contributed by atoms with van der Waals surface area (Å²) in [5, 5.41) is 62.5. The molecule has 11 nitrogen and oxygen atoms in total. The van der Waals surface area contributed by atoms with Gasteiger partial charge in [-0.1, -0.05) is 145 Å². The largest absolute Gasteiger partial charge is 0.481 e. The third kappa shape index (κ3) is 10.2. The fraction of sp³-hybridized carbons (Fsp3) is 0.889. The minimum absolute atomic E-state index is 0.0290. The van der Waals surface area contributed by atoms with Crippen LogP contribution in [-0.4, -0.2) is 67.0 Å². The quantitative estimate of drug-likeness (QED) is 0.0760. The van der Waals surface area contributed by atoms with E-state index in [2.05, 4.69) is 155 Å². The molecule has 0 radical (unpaired) electrons. The van der Waals surface area contributed by atoms with Gasteiger partial charge in [-0.15, -0.1) is 0 Å². The molecule has 0 bridgehead atoms. The average Bonchev–Trinajstić information content (AvgIpc) is 1.63. The monoisotopic (exact) mass is 1400 g/mol. The molecule has 0 aromatic heterocycles. The van der Waals surface area contributed by atoms with Gasteiger partial charge in [0.15, 0.2) is 0 Å². The molecule has 0 amide bonds. The number of carboxylic acid groups (broad SMARTS) is 2. The van der Waals surface area contributed by atoms with E-state index in [-0.39, 0.29) is 72.1 Å². The maximum atomic E-state index is 12.9. The molecule has 570 valence electrons. The van der Waals surface area contributed by atoms with E-state index in [1.165, 1.54) is 107 Å². The van der Waals surface area contributed by atoms with Gasteiger partial charge in [-0.25, -0.2) is 5.90 Å². The Morgan fingerprint density at radius 3 is 1.19 bits per heavy atom. The molecule has 15 saturated carbocycles. The number of carbonyl (C=O) groups excluding carboxylic acids is 1. The summed E-state index contributed by atoms with van der Waals surface area (Å²) in [6, 6.07) is 0. The van der Waals surface area contributed by atoms with Gasteiger partial charge in [0.2, 0.25) is 0 Å². The predicted molar refractivity (Wildman–Crippen MR) is 405 cm³/mol. The van der Waals surface area contributed by atoms with Crippen molar-refractivity contribution < 1.29 is 45.2 Å². The van der Waals surface area contributed by atoms with Crippen molar-refractivity contribution in [3.05, 3.63) is 36.5 Å². The molecule has 15 aliphatic rings. The minimum atomic E-state index is -0.547. The van der Waals surface area contributed by atoms with E-state index in [4.69, 9.17) is 5.21 Å². The number of aliphatic hydroxyl groups excluding tert-OH is 2. The number of fused-ring (bicyclic) bond motifs is 21. The summed E-state index contributed by atoms with van der Waals surface area (Å²) >= 11 is 0. The normalized spacial score (nSPS) is 53.0. The van der Waals surface area contributed by atoms with Crippen LogP contribution in [0.5, 0.6) is 0 Å². The number of nitrogens with zero attached hydrogens (tertiary/aromatic N) is 1. The van der Waals surface area contributed by atoms with Crippen molar-refractivity contribution in [3.8, 4) is 0 Å². The summed E-state index contributed by atoms with van der Waals surface area (Å²) in [4.78, 5) is 38.4. The highest BCUT2D eigenvalue weighted by Gasteiger charge is 2.76.